The number of carbonyl (C=O) groups is 2. The number of amides is 2. The van der Waals surface area contributed by atoms with Crippen molar-refractivity contribution in [1.29, 1.82) is 0 Å². The van der Waals surface area contributed by atoms with E-state index in [-0.39, 0.29) is 11.8 Å². The Kier molecular flexibility index (Phi) is 8.37. The zero-order valence-corrected chi connectivity index (χ0v) is 10.9. The molecule has 4 nitrogen and oxygen atoms in total. The highest BCUT2D eigenvalue weighted by Gasteiger charge is 2.06. The first-order valence-corrected chi connectivity index (χ1v) is 6.31. The molecule has 0 fully saturated rings. The first-order chi connectivity index (χ1) is 7.10. The molecule has 2 N–H and O–H groups in total. The van der Waals surface area contributed by atoms with Gasteiger partial charge < -0.3 is 10.6 Å². The summed E-state index contributed by atoms with van der Waals surface area (Å²) in [6.45, 7) is 4.81. The smallest absolute Gasteiger partial charge is 0.220 e. The van der Waals surface area contributed by atoms with Crippen molar-refractivity contribution in [3.05, 3.63) is 0 Å². The van der Waals surface area contributed by atoms with Crippen molar-refractivity contribution in [3.8, 4) is 0 Å². The summed E-state index contributed by atoms with van der Waals surface area (Å²) in [6, 6.07) is 0. The topological polar surface area (TPSA) is 58.2 Å². The van der Waals surface area contributed by atoms with Gasteiger partial charge >= 0.3 is 0 Å². The van der Waals surface area contributed by atoms with Crippen molar-refractivity contribution in [3.63, 3.8) is 0 Å². The zero-order chi connectivity index (χ0) is 11.7. The SMILES string of the molecule is CCC(=O)NCCNC(=O)CC(C)CBr. The summed E-state index contributed by atoms with van der Waals surface area (Å²) in [6.07, 6.45) is 1.00. The van der Waals surface area contributed by atoms with Gasteiger partial charge in [0.25, 0.3) is 0 Å². The molecule has 0 rings (SSSR count). The Balaban J connectivity index is 3.43. The quantitative estimate of drug-likeness (QED) is 0.540. The van der Waals surface area contributed by atoms with Gasteiger partial charge in [0.2, 0.25) is 11.8 Å². The van der Waals surface area contributed by atoms with Crippen molar-refractivity contribution in [2.24, 2.45) is 5.92 Å². The van der Waals surface area contributed by atoms with Gasteiger partial charge in [-0.25, -0.2) is 0 Å². The first kappa shape index (κ1) is 14.4. The van der Waals surface area contributed by atoms with Gasteiger partial charge in [-0.1, -0.05) is 29.8 Å². The second kappa shape index (κ2) is 8.71. The van der Waals surface area contributed by atoms with Gasteiger partial charge in [0, 0.05) is 31.3 Å². The highest BCUT2D eigenvalue weighted by atomic mass is 79.9. The molecule has 0 heterocycles. The Morgan fingerprint density at radius 2 is 1.73 bits per heavy atom. The third-order valence-electron chi connectivity index (χ3n) is 1.89. The second-order valence-electron chi connectivity index (χ2n) is 3.52. The summed E-state index contributed by atoms with van der Waals surface area (Å²) in [7, 11) is 0. The number of nitrogens with one attached hydrogen (secondary N) is 2. The molecule has 0 saturated heterocycles. The van der Waals surface area contributed by atoms with Gasteiger partial charge in [-0.15, -0.1) is 0 Å². The van der Waals surface area contributed by atoms with Gasteiger partial charge in [0.05, 0.1) is 0 Å². The molecule has 0 radical (unpaired) electrons. The van der Waals surface area contributed by atoms with Crippen LogP contribution in [0.2, 0.25) is 0 Å². The van der Waals surface area contributed by atoms with Crippen molar-refractivity contribution in [2.75, 3.05) is 18.4 Å². The van der Waals surface area contributed by atoms with E-state index in [1.807, 2.05) is 6.92 Å². The lowest BCUT2D eigenvalue weighted by Crippen LogP contribution is -2.34. The molecule has 0 aromatic carbocycles. The summed E-state index contributed by atoms with van der Waals surface area (Å²) >= 11 is 3.32. The van der Waals surface area contributed by atoms with E-state index in [1.165, 1.54) is 0 Å². The third kappa shape index (κ3) is 8.42. The van der Waals surface area contributed by atoms with Gasteiger partial charge in [0.15, 0.2) is 0 Å². The molecule has 0 saturated carbocycles. The number of rotatable bonds is 7. The van der Waals surface area contributed by atoms with Crippen LogP contribution in [-0.4, -0.2) is 30.2 Å². The molecule has 15 heavy (non-hydrogen) atoms. The molecule has 0 spiro atoms. The fourth-order valence-electron chi connectivity index (χ4n) is 0.972. The normalized spacial score (nSPS) is 11.9. The van der Waals surface area contributed by atoms with Crippen molar-refractivity contribution in [1.82, 2.24) is 10.6 Å². The summed E-state index contributed by atoms with van der Waals surface area (Å²) in [4.78, 5) is 22.1. The minimum Gasteiger partial charge on any atom is -0.354 e. The predicted octanol–water partition coefficient (Wildman–Crippen LogP) is 1.05. The Morgan fingerprint density at radius 3 is 2.20 bits per heavy atom. The molecule has 2 amide bonds. The number of alkyl halides is 1. The minimum atomic E-state index is 0.0121. The van der Waals surface area contributed by atoms with Crippen LogP contribution in [0.25, 0.3) is 0 Å². The van der Waals surface area contributed by atoms with E-state index in [0.29, 0.717) is 31.8 Å². The van der Waals surface area contributed by atoms with E-state index >= 15 is 0 Å². The van der Waals surface area contributed by atoms with Gasteiger partial charge in [-0.05, 0) is 5.92 Å². The Morgan fingerprint density at radius 1 is 1.20 bits per heavy atom. The van der Waals surface area contributed by atoms with E-state index in [9.17, 15) is 9.59 Å². The Hall–Kier alpha value is -0.580. The molecule has 1 unspecified atom stereocenters. The third-order valence-corrected chi connectivity index (χ3v) is 2.99. The van der Waals surface area contributed by atoms with Gasteiger partial charge in [-0.3, -0.25) is 9.59 Å². The standard InChI is InChI=1S/C10H19BrN2O2/c1-3-9(14)12-4-5-13-10(15)6-8(2)7-11/h8H,3-7H2,1-2H3,(H,12,14)(H,13,15). The van der Waals surface area contributed by atoms with Crippen LogP contribution >= 0.6 is 15.9 Å². The average Bonchev–Trinajstić information content (AvgIpc) is 2.23. The van der Waals surface area contributed by atoms with Crippen LogP contribution in [0.3, 0.4) is 0 Å². The first-order valence-electron chi connectivity index (χ1n) is 5.19. The average molecular weight is 279 g/mol. The number of halogens is 1. The van der Waals surface area contributed by atoms with Crippen molar-refractivity contribution < 1.29 is 9.59 Å². The number of carbonyl (C=O) groups excluding carboxylic acids is 2. The second-order valence-corrected chi connectivity index (χ2v) is 4.16. The van der Waals surface area contributed by atoms with Crippen molar-refractivity contribution in [2.45, 2.75) is 26.7 Å². The lowest BCUT2D eigenvalue weighted by molar-refractivity contribution is -0.123. The highest BCUT2D eigenvalue weighted by molar-refractivity contribution is 9.09. The number of hydrogen-bond donors (Lipinski definition) is 2. The molecule has 0 aliphatic carbocycles. The Bertz CT molecular complexity index is 210. The summed E-state index contributed by atoms with van der Waals surface area (Å²) in [5.74, 6) is 0.390. The van der Waals surface area contributed by atoms with Crippen molar-refractivity contribution >= 4 is 27.7 Å². The van der Waals surface area contributed by atoms with Crippen LogP contribution in [0.1, 0.15) is 26.7 Å². The number of hydrogen-bond acceptors (Lipinski definition) is 2. The van der Waals surface area contributed by atoms with Crippen LogP contribution in [-0.2, 0) is 9.59 Å². The zero-order valence-electron chi connectivity index (χ0n) is 9.31. The van der Waals surface area contributed by atoms with E-state index in [0.717, 1.165) is 5.33 Å². The van der Waals surface area contributed by atoms with Crippen LogP contribution in [0.5, 0.6) is 0 Å². The predicted molar refractivity (Wildman–Crippen MR) is 63.9 cm³/mol. The van der Waals surface area contributed by atoms with Crippen LogP contribution in [0.4, 0.5) is 0 Å². The molecule has 0 bridgehead atoms. The minimum absolute atomic E-state index is 0.0121. The molecule has 1 atom stereocenters. The maximum atomic E-state index is 11.3. The fourth-order valence-corrected chi connectivity index (χ4v) is 1.20. The maximum absolute atomic E-state index is 11.3. The van der Waals surface area contributed by atoms with E-state index in [4.69, 9.17) is 0 Å². The molecule has 0 aromatic heterocycles. The highest BCUT2D eigenvalue weighted by Crippen LogP contribution is 2.04. The largest absolute Gasteiger partial charge is 0.354 e. The molecule has 88 valence electrons. The molecule has 0 aliphatic heterocycles. The lowest BCUT2D eigenvalue weighted by atomic mass is 10.1. The van der Waals surface area contributed by atoms with Crippen LogP contribution < -0.4 is 10.6 Å². The molecule has 0 aromatic rings. The molecular weight excluding hydrogens is 260 g/mol. The maximum Gasteiger partial charge on any atom is 0.220 e. The van der Waals surface area contributed by atoms with Gasteiger partial charge in [-0.2, -0.15) is 0 Å². The lowest BCUT2D eigenvalue weighted by Gasteiger charge is -2.08. The Labute approximate surface area is 99.3 Å². The van der Waals surface area contributed by atoms with E-state index in [2.05, 4.69) is 26.6 Å². The summed E-state index contributed by atoms with van der Waals surface area (Å²) in [5, 5.41) is 6.27. The summed E-state index contributed by atoms with van der Waals surface area (Å²) < 4.78 is 0. The van der Waals surface area contributed by atoms with Crippen LogP contribution in [0, 0.1) is 5.92 Å². The van der Waals surface area contributed by atoms with Gasteiger partial charge in [0.1, 0.15) is 0 Å². The van der Waals surface area contributed by atoms with Crippen LogP contribution in [0.15, 0.2) is 0 Å². The molecule has 5 heteroatoms. The van der Waals surface area contributed by atoms with E-state index < -0.39 is 0 Å². The molecule has 0 aliphatic rings. The monoisotopic (exact) mass is 278 g/mol. The molecular formula is C10H19BrN2O2. The fraction of sp³-hybridized carbons (Fsp3) is 0.800. The van der Waals surface area contributed by atoms with E-state index in [1.54, 1.807) is 6.92 Å². The summed E-state index contributed by atoms with van der Waals surface area (Å²) in [5.41, 5.74) is 0.